The monoisotopic (exact) mass is 431 g/mol. The highest BCUT2D eigenvalue weighted by Gasteiger charge is 2.19. The Morgan fingerprint density at radius 3 is 2.62 bits per heavy atom. The van der Waals surface area contributed by atoms with E-state index < -0.39 is 0 Å². The molecule has 4 aromatic rings. The Bertz CT molecular complexity index is 1290. The summed E-state index contributed by atoms with van der Waals surface area (Å²) in [7, 11) is 0. The fourth-order valence-corrected chi connectivity index (χ4v) is 3.49. The van der Waals surface area contributed by atoms with E-state index >= 15 is 0 Å². The molecule has 0 fully saturated rings. The normalized spacial score (nSPS) is 11.4. The van der Waals surface area contributed by atoms with Gasteiger partial charge in [0.1, 0.15) is 12.4 Å². The molecule has 164 valence electrons. The number of amides is 1. The summed E-state index contributed by atoms with van der Waals surface area (Å²) in [5.74, 6) is 0.0739. The summed E-state index contributed by atoms with van der Waals surface area (Å²) in [6, 6.07) is 5.32. The second-order valence-electron chi connectivity index (χ2n) is 8.24. The second kappa shape index (κ2) is 8.70. The van der Waals surface area contributed by atoms with Gasteiger partial charge < -0.3 is 9.88 Å². The molecule has 0 bridgehead atoms. The molecule has 1 amide bonds. The van der Waals surface area contributed by atoms with Crippen molar-refractivity contribution in [2.24, 2.45) is 0 Å². The van der Waals surface area contributed by atoms with Crippen molar-refractivity contribution < 1.29 is 9.59 Å². The molecule has 32 heavy (non-hydrogen) atoms. The molecule has 4 rings (SSSR count). The van der Waals surface area contributed by atoms with Gasteiger partial charge in [-0.1, -0.05) is 19.1 Å². The van der Waals surface area contributed by atoms with Gasteiger partial charge in [0.05, 0.1) is 11.2 Å². The van der Waals surface area contributed by atoms with E-state index in [9.17, 15) is 9.59 Å². The minimum Gasteiger partial charge on any atom is -0.344 e. The molecule has 0 aliphatic heterocycles. The van der Waals surface area contributed by atoms with Crippen molar-refractivity contribution in [3.63, 3.8) is 0 Å². The summed E-state index contributed by atoms with van der Waals surface area (Å²) >= 11 is 0. The molecular weight excluding hydrogens is 406 g/mol. The van der Waals surface area contributed by atoms with Crippen LogP contribution in [0, 0.1) is 0 Å². The van der Waals surface area contributed by atoms with E-state index in [0.717, 1.165) is 16.6 Å². The number of anilines is 1. The maximum Gasteiger partial charge on any atom is 0.247 e. The van der Waals surface area contributed by atoms with E-state index in [1.165, 1.54) is 10.9 Å². The Morgan fingerprint density at radius 2 is 1.91 bits per heavy atom. The Labute approximate surface area is 185 Å². The van der Waals surface area contributed by atoms with Crippen LogP contribution in [0.4, 0.5) is 5.82 Å². The number of hydrogen-bond acceptors (Lipinski definition) is 6. The van der Waals surface area contributed by atoms with Gasteiger partial charge in [0.25, 0.3) is 0 Å². The fraction of sp³-hybridized carbons (Fsp3) is 0.304. The quantitative estimate of drug-likeness (QED) is 0.448. The van der Waals surface area contributed by atoms with Gasteiger partial charge in [-0.05, 0) is 38.0 Å². The van der Waals surface area contributed by atoms with Crippen LogP contribution in [0.1, 0.15) is 61.3 Å². The molecule has 0 saturated carbocycles. The van der Waals surface area contributed by atoms with Gasteiger partial charge in [-0.3, -0.25) is 14.6 Å². The van der Waals surface area contributed by atoms with Gasteiger partial charge in [0, 0.05) is 53.5 Å². The number of ketones is 1. The highest BCUT2D eigenvalue weighted by Crippen LogP contribution is 2.26. The lowest BCUT2D eigenvalue weighted by molar-refractivity contribution is -0.117. The van der Waals surface area contributed by atoms with Gasteiger partial charge in [-0.2, -0.15) is 0 Å². The van der Waals surface area contributed by atoms with Crippen LogP contribution in [0.3, 0.4) is 0 Å². The van der Waals surface area contributed by atoms with Crippen LogP contribution in [0.15, 0.2) is 49.2 Å². The molecule has 0 radical (unpaired) electrons. The number of carbonyl (C=O) groups excluding carboxylic acids is 2. The van der Waals surface area contributed by atoms with Crippen LogP contribution >= 0.6 is 0 Å². The molecule has 1 N–H and O–H groups in total. The first kappa shape index (κ1) is 21.4. The minimum absolute atomic E-state index is 0.00706. The van der Waals surface area contributed by atoms with Crippen LogP contribution < -0.4 is 5.32 Å². The lowest BCUT2D eigenvalue weighted by Gasteiger charge is -2.08. The Hall–Kier alpha value is -3.88. The number of carbonyl (C=O) groups is 2. The zero-order valence-electron chi connectivity index (χ0n) is 18.5. The largest absolute Gasteiger partial charge is 0.344 e. The molecule has 0 unspecified atom stereocenters. The summed E-state index contributed by atoms with van der Waals surface area (Å²) in [5.41, 5.74) is 2.77. The van der Waals surface area contributed by atoms with Crippen LogP contribution in [0.2, 0.25) is 0 Å². The van der Waals surface area contributed by atoms with Crippen molar-refractivity contribution >= 4 is 28.4 Å². The molecule has 0 aliphatic rings. The highest BCUT2D eigenvalue weighted by atomic mass is 16.2. The fourth-order valence-electron chi connectivity index (χ4n) is 3.49. The van der Waals surface area contributed by atoms with E-state index in [1.807, 2.05) is 26.1 Å². The molecule has 0 aliphatic carbocycles. The zero-order valence-corrected chi connectivity index (χ0v) is 18.5. The summed E-state index contributed by atoms with van der Waals surface area (Å²) in [5, 5.41) is 11.5. The molecule has 4 heterocycles. The topological polar surface area (TPSA) is 108 Å². The Kier molecular flexibility index (Phi) is 5.81. The number of aromatic nitrogens is 6. The number of hydrogen-bond donors (Lipinski definition) is 1. The van der Waals surface area contributed by atoms with Crippen molar-refractivity contribution in [2.75, 3.05) is 5.32 Å². The predicted molar refractivity (Wildman–Crippen MR) is 121 cm³/mol. The summed E-state index contributed by atoms with van der Waals surface area (Å²) < 4.78 is 3.53. The van der Waals surface area contributed by atoms with Crippen LogP contribution in [0.25, 0.3) is 10.9 Å². The average Bonchev–Trinajstić information content (AvgIpc) is 3.38. The lowest BCUT2D eigenvalue weighted by atomic mass is 10.0. The van der Waals surface area contributed by atoms with E-state index in [1.54, 1.807) is 30.7 Å². The molecule has 0 saturated heterocycles. The molecular formula is C23H25N7O2. The second-order valence-corrected chi connectivity index (χ2v) is 8.24. The SMILES string of the molecule is CC(C)c1cn(CC(=O)Nc2cc(C(=O)c3cn(C(C)C)c4ccncc34)ccn2)nn1. The highest BCUT2D eigenvalue weighted by molar-refractivity contribution is 6.16. The molecule has 9 heteroatoms. The van der Waals surface area contributed by atoms with E-state index in [-0.39, 0.29) is 30.2 Å². The van der Waals surface area contributed by atoms with E-state index in [0.29, 0.717) is 16.9 Å². The number of nitrogens with zero attached hydrogens (tertiary/aromatic N) is 6. The first-order valence-corrected chi connectivity index (χ1v) is 10.5. The summed E-state index contributed by atoms with van der Waals surface area (Å²) in [6.07, 6.45) is 8.53. The first-order chi connectivity index (χ1) is 15.3. The minimum atomic E-state index is -0.303. The third kappa shape index (κ3) is 4.27. The summed E-state index contributed by atoms with van der Waals surface area (Å²) in [4.78, 5) is 34.1. The van der Waals surface area contributed by atoms with Crippen molar-refractivity contribution in [3.8, 4) is 0 Å². The zero-order chi connectivity index (χ0) is 22.8. The number of nitrogens with one attached hydrogen (secondary N) is 1. The maximum atomic E-state index is 13.3. The van der Waals surface area contributed by atoms with Crippen LogP contribution in [-0.4, -0.2) is 41.2 Å². The summed E-state index contributed by atoms with van der Waals surface area (Å²) in [6.45, 7) is 8.15. The molecule has 0 aromatic carbocycles. The van der Waals surface area contributed by atoms with Crippen molar-refractivity contribution in [2.45, 2.75) is 46.2 Å². The van der Waals surface area contributed by atoms with E-state index in [2.05, 4.69) is 44.0 Å². The van der Waals surface area contributed by atoms with Crippen molar-refractivity contribution in [1.82, 2.24) is 29.5 Å². The van der Waals surface area contributed by atoms with Gasteiger partial charge in [-0.25, -0.2) is 9.67 Å². The van der Waals surface area contributed by atoms with Gasteiger partial charge in [0.2, 0.25) is 5.91 Å². The maximum absolute atomic E-state index is 13.3. The van der Waals surface area contributed by atoms with Crippen molar-refractivity contribution in [1.29, 1.82) is 0 Å². The molecule has 9 nitrogen and oxygen atoms in total. The Morgan fingerprint density at radius 1 is 1.09 bits per heavy atom. The van der Waals surface area contributed by atoms with Gasteiger partial charge in [0.15, 0.2) is 5.78 Å². The van der Waals surface area contributed by atoms with Gasteiger partial charge >= 0.3 is 0 Å². The average molecular weight is 432 g/mol. The third-order valence-electron chi connectivity index (χ3n) is 5.18. The predicted octanol–water partition coefficient (Wildman–Crippen LogP) is 3.60. The van der Waals surface area contributed by atoms with Crippen LogP contribution in [0.5, 0.6) is 0 Å². The number of rotatable bonds is 7. The van der Waals surface area contributed by atoms with Gasteiger partial charge in [-0.15, -0.1) is 5.10 Å². The third-order valence-corrected chi connectivity index (χ3v) is 5.18. The molecule has 0 atom stereocenters. The van der Waals surface area contributed by atoms with Crippen LogP contribution in [-0.2, 0) is 11.3 Å². The molecule has 4 aromatic heterocycles. The number of fused-ring (bicyclic) bond motifs is 1. The lowest BCUT2D eigenvalue weighted by Crippen LogP contribution is -2.20. The molecule has 0 spiro atoms. The standard InChI is InChI=1S/C23H25N7O2/c1-14(2)19-12-29(28-27-19)13-22(31)26-21-9-16(5-8-25-21)23(32)18-11-30(15(3)4)20-6-7-24-10-17(18)20/h5-12,14-15H,13H2,1-4H3,(H,25,26,31). The van der Waals surface area contributed by atoms with E-state index in [4.69, 9.17) is 0 Å². The Balaban J connectivity index is 1.54. The number of pyridine rings is 2. The van der Waals surface area contributed by atoms with Crippen molar-refractivity contribution in [3.05, 3.63) is 66.0 Å². The smallest absolute Gasteiger partial charge is 0.247 e. The first-order valence-electron chi connectivity index (χ1n) is 10.5.